The molecule has 0 bridgehead atoms. The number of hydrogen-bond donors (Lipinski definition) is 1. The fraction of sp³-hybridized carbons (Fsp3) is 0.800. The van der Waals surface area contributed by atoms with Crippen LogP contribution in [-0.4, -0.2) is 49.3 Å². The third-order valence-corrected chi connectivity index (χ3v) is 5.96. The minimum Gasteiger partial charge on any atom is -0.383 e. The number of nitrogens with zero attached hydrogens (tertiary/aromatic N) is 2. The van der Waals surface area contributed by atoms with Crippen LogP contribution >= 0.6 is 23.1 Å². The Morgan fingerprint density at radius 1 is 1.48 bits per heavy atom. The van der Waals surface area contributed by atoms with Gasteiger partial charge in [0.05, 0.1) is 12.3 Å². The first kappa shape index (κ1) is 17.1. The van der Waals surface area contributed by atoms with Crippen molar-refractivity contribution in [2.75, 3.05) is 43.2 Å². The minimum atomic E-state index is 0.596. The van der Waals surface area contributed by atoms with Gasteiger partial charge in [0.15, 0.2) is 5.13 Å². The molecule has 0 saturated carbocycles. The van der Waals surface area contributed by atoms with Crippen molar-refractivity contribution in [3.8, 4) is 0 Å². The van der Waals surface area contributed by atoms with Gasteiger partial charge < -0.3 is 15.0 Å². The number of thioether (sulfide) groups is 1. The Hall–Kier alpha value is -0.300. The lowest BCUT2D eigenvalue weighted by Gasteiger charge is -2.32. The summed E-state index contributed by atoms with van der Waals surface area (Å²) in [5, 5.41) is 4.67. The zero-order chi connectivity index (χ0) is 15.1. The van der Waals surface area contributed by atoms with E-state index in [0.717, 1.165) is 39.1 Å². The van der Waals surface area contributed by atoms with Crippen LogP contribution in [0.3, 0.4) is 0 Å². The van der Waals surface area contributed by atoms with Crippen molar-refractivity contribution in [1.29, 1.82) is 0 Å². The Labute approximate surface area is 136 Å². The van der Waals surface area contributed by atoms with E-state index >= 15 is 0 Å². The number of ether oxygens (including phenoxy) is 1. The first-order valence-electron chi connectivity index (χ1n) is 7.78. The molecule has 1 atom stereocenters. The van der Waals surface area contributed by atoms with Crippen molar-refractivity contribution in [1.82, 2.24) is 10.3 Å². The SMILES string of the molecule is CCCc1nc(N2CCSCC2C)sc1CNCCOC. The average molecular weight is 330 g/mol. The van der Waals surface area contributed by atoms with E-state index in [2.05, 4.69) is 35.8 Å². The van der Waals surface area contributed by atoms with Gasteiger partial charge in [-0.3, -0.25) is 0 Å². The molecule has 1 aliphatic heterocycles. The maximum Gasteiger partial charge on any atom is 0.186 e. The predicted molar refractivity (Wildman–Crippen MR) is 93.8 cm³/mol. The summed E-state index contributed by atoms with van der Waals surface area (Å²) in [6.45, 7) is 8.22. The Kier molecular flexibility index (Phi) is 7.29. The van der Waals surface area contributed by atoms with Crippen LogP contribution in [0, 0.1) is 0 Å². The van der Waals surface area contributed by atoms with Crippen LogP contribution < -0.4 is 10.2 Å². The van der Waals surface area contributed by atoms with Gasteiger partial charge in [0.25, 0.3) is 0 Å². The summed E-state index contributed by atoms with van der Waals surface area (Å²) in [5.74, 6) is 2.43. The fourth-order valence-corrected chi connectivity index (χ4v) is 4.67. The van der Waals surface area contributed by atoms with Crippen LogP contribution in [0.15, 0.2) is 0 Å². The number of rotatable bonds is 8. The third kappa shape index (κ3) is 4.84. The molecule has 0 radical (unpaired) electrons. The molecule has 0 amide bonds. The Morgan fingerprint density at radius 3 is 3.05 bits per heavy atom. The van der Waals surface area contributed by atoms with Crippen LogP contribution in [-0.2, 0) is 17.7 Å². The summed E-state index contributed by atoms with van der Waals surface area (Å²) in [5.41, 5.74) is 1.29. The van der Waals surface area contributed by atoms with E-state index in [0.29, 0.717) is 6.04 Å². The zero-order valence-electron chi connectivity index (χ0n) is 13.4. The molecule has 2 rings (SSSR count). The van der Waals surface area contributed by atoms with Gasteiger partial charge in [-0.05, 0) is 13.3 Å². The lowest BCUT2D eigenvalue weighted by atomic mass is 10.2. The summed E-state index contributed by atoms with van der Waals surface area (Å²) in [6, 6.07) is 0.596. The highest BCUT2D eigenvalue weighted by Crippen LogP contribution is 2.31. The summed E-state index contributed by atoms with van der Waals surface area (Å²) in [7, 11) is 1.74. The van der Waals surface area contributed by atoms with E-state index in [-0.39, 0.29) is 0 Å². The molecule has 1 unspecified atom stereocenters. The van der Waals surface area contributed by atoms with Crippen molar-refractivity contribution < 1.29 is 4.74 Å². The standard InChI is InChI=1S/C15H27N3OS2/c1-4-5-13-14(10-16-6-8-19-3)21-15(17-13)18-7-9-20-11-12(18)2/h12,16H,4-11H2,1-3H3. The van der Waals surface area contributed by atoms with Gasteiger partial charge in [-0.25, -0.2) is 4.98 Å². The van der Waals surface area contributed by atoms with Crippen molar-refractivity contribution in [3.63, 3.8) is 0 Å². The number of nitrogens with one attached hydrogen (secondary N) is 1. The second-order valence-corrected chi connectivity index (χ2v) is 7.62. The fourth-order valence-electron chi connectivity index (χ4n) is 2.45. The minimum absolute atomic E-state index is 0.596. The van der Waals surface area contributed by atoms with Crippen molar-refractivity contribution in [3.05, 3.63) is 10.6 Å². The molecule has 2 heterocycles. The number of aromatic nitrogens is 1. The van der Waals surface area contributed by atoms with E-state index in [4.69, 9.17) is 9.72 Å². The zero-order valence-corrected chi connectivity index (χ0v) is 15.0. The molecule has 0 aliphatic carbocycles. The molecule has 4 nitrogen and oxygen atoms in total. The molecule has 1 aromatic heterocycles. The Morgan fingerprint density at radius 2 is 2.33 bits per heavy atom. The molecular formula is C15H27N3OS2. The Bertz CT molecular complexity index is 425. The monoisotopic (exact) mass is 329 g/mol. The average Bonchev–Trinajstić information content (AvgIpc) is 2.87. The second-order valence-electron chi connectivity index (χ2n) is 5.40. The highest BCUT2D eigenvalue weighted by Gasteiger charge is 2.23. The predicted octanol–water partition coefficient (Wildman–Crippen LogP) is 2.77. The van der Waals surface area contributed by atoms with E-state index in [1.807, 2.05) is 11.3 Å². The molecule has 1 aliphatic rings. The summed E-state index contributed by atoms with van der Waals surface area (Å²) >= 11 is 3.92. The van der Waals surface area contributed by atoms with Crippen LogP contribution in [0.5, 0.6) is 0 Å². The molecule has 1 saturated heterocycles. The van der Waals surface area contributed by atoms with Crippen LogP contribution in [0.2, 0.25) is 0 Å². The maximum absolute atomic E-state index is 5.09. The second kappa shape index (κ2) is 8.98. The van der Waals surface area contributed by atoms with E-state index in [1.165, 1.54) is 27.2 Å². The molecule has 0 spiro atoms. The van der Waals surface area contributed by atoms with Gasteiger partial charge in [0.2, 0.25) is 0 Å². The van der Waals surface area contributed by atoms with Crippen molar-refractivity contribution in [2.24, 2.45) is 0 Å². The number of methoxy groups -OCH3 is 1. The molecule has 1 fully saturated rings. The van der Waals surface area contributed by atoms with Gasteiger partial charge in [-0.15, -0.1) is 11.3 Å². The summed E-state index contributed by atoms with van der Waals surface area (Å²) in [6.07, 6.45) is 2.23. The quantitative estimate of drug-likeness (QED) is 0.742. The van der Waals surface area contributed by atoms with Crippen LogP contribution in [0.4, 0.5) is 5.13 Å². The smallest absolute Gasteiger partial charge is 0.186 e. The topological polar surface area (TPSA) is 37.4 Å². The molecule has 120 valence electrons. The lowest BCUT2D eigenvalue weighted by molar-refractivity contribution is 0.199. The molecule has 6 heteroatoms. The highest BCUT2D eigenvalue weighted by atomic mass is 32.2. The van der Waals surface area contributed by atoms with Crippen molar-refractivity contribution >= 4 is 28.2 Å². The molecule has 1 aromatic rings. The molecule has 1 N–H and O–H groups in total. The normalized spacial score (nSPS) is 19.2. The first-order chi connectivity index (χ1) is 10.3. The maximum atomic E-state index is 5.09. The first-order valence-corrected chi connectivity index (χ1v) is 9.76. The molecular weight excluding hydrogens is 302 g/mol. The number of aryl methyl sites for hydroxylation is 1. The van der Waals surface area contributed by atoms with Crippen LogP contribution in [0.1, 0.15) is 30.8 Å². The van der Waals surface area contributed by atoms with E-state index in [1.54, 1.807) is 7.11 Å². The van der Waals surface area contributed by atoms with E-state index < -0.39 is 0 Å². The van der Waals surface area contributed by atoms with Gasteiger partial charge >= 0.3 is 0 Å². The number of thiazole rings is 1. The largest absolute Gasteiger partial charge is 0.383 e. The Balaban J connectivity index is 2.04. The third-order valence-electron chi connectivity index (χ3n) is 3.64. The van der Waals surface area contributed by atoms with Gasteiger partial charge in [-0.1, -0.05) is 13.3 Å². The number of anilines is 1. The highest BCUT2D eigenvalue weighted by molar-refractivity contribution is 7.99. The van der Waals surface area contributed by atoms with E-state index in [9.17, 15) is 0 Å². The van der Waals surface area contributed by atoms with Gasteiger partial charge in [0.1, 0.15) is 0 Å². The summed E-state index contributed by atoms with van der Waals surface area (Å²) in [4.78, 5) is 8.82. The number of hydrogen-bond acceptors (Lipinski definition) is 6. The lowest BCUT2D eigenvalue weighted by Crippen LogP contribution is -2.40. The van der Waals surface area contributed by atoms with Crippen molar-refractivity contribution in [2.45, 2.75) is 39.3 Å². The molecule has 0 aromatic carbocycles. The van der Waals surface area contributed by atoms with Gasteiger partial charge in [-0.2, -0.15) is 11.8 Å². The van der Waals surface area contributed by atoms with Gasteiger partial charge in [0, 0.05) is 49.2 Å². The van der Waals surface area contributed by atoms with Crippen LogP contribution in [0.25, 0.3) is 0 Å². The summed E-state index contributed by atoms with van der Waals surface area (Å²) < 4.78 is 5.09. The molecule has 21 heavy (non-hydrogen) atoms.